The number of aromatic nitrogens is 3. The third-order valence-corrected chi connectivity index (χ3v) is 3.02. The summed E-state index contributed by atoms with van der Waals surface area (Å²) in [5.74, 6) is 0.965. The number of methoxy groups -OCH3 is 1. The summed E-state index contributed by atoms with van der Waals surface area (Å²) in [4.78, 5) is 11.9. The third-order valence-electron chi connectivity index (χ3n) is 3.02. The number of amides is 1. The lowest BCUT2D eigenvalue weighted by Crippen LogP contribution is -2.12. The Bertz CT molecular complexity index is 603. The van der Waals surface area contributed by atoms with Gasteiger partial charge in [0.1, 0.15) is 5.76 Å². The molecule has 0 aliphatic rings. The molecule has 2 heterocycles. The zero-order valence-electron chi connectivity index (χ0n) is 12.5. The average Bonchev–Trinajstić information content (AvgIpc) is 3.04. The van der Waals surface area contributed by atoms with E-state index in [9.17, 15) is 4.79 Å². The molecule has 0 fully saturated rings. The molecule has 0 aromatic carbocycles. The van der Waals surface area contributed by atoms with Crippen LogP contribution in [0.3, 0.4) is 0 Å². The van der Waals surface area contributed by atoms with E-state index in [-0.39, 0.29) is 5.91 Å². The summed E-state index contributed by atoms with van der Waals surface area (Å²) in [5, 5.41) is 10.9. The first-order valence-electron chi connectivity index (χ1n) is 6.96. The van der Waals surface area contributed by atoms with Crippen molar-refractivity contribution in [2.75, 3.05) is 12.4 Å². The highest BCUT2D eigenvalue weighted by atomic mass is 16.5. The maximum Gasteiger partial charge on any atom is 0.254 e. The fraction of sp³-hybridized carbons (Fsp3) is 0.500. The highest BCUT2D eigenvalue weighted by molar-refractivity contribution is 5.91. The van der Waals surface area contributed by atoms with E-state index in [1.54, 1.807) is 6.07 Å². The summed E-state index contributed by atoms with van der Waals surface area (Å²) in [6.07, 6.45) is 3.65. The molecule has 114 valence electrons. The van der Waals surface area contributed by atoms with Gasteiger partial charge in [-0.3, -0.25) is 9.48 Å². The minimum absolute atomic E-state index is 0.0792. The Morgan fingerprint density at radius 1 is 1.52 bits per heavy atom. The molecule has 0 spiro atoms. The molecule has 2 aromatic rings. The number of hydrogen-bond acceptors (Lipinski definition) is 5. The van der Waals surface area contributed by atoms with Gasteiger partial charge < -0.3 is 14.6 Å². The molecule has 0 aliphatic heterocycles. The predicted octanol–water partition coefficient (Wildman–Crippen LogP) is 2.17. The number of carbonyl (C=O) groups excluding carboxylic acids is 1. The van der Waals surface area contributed by atoms with Crippen molar-refractivity contribution in [3.63, 3.8) is 0 Å². The second-order valence-electron chi connectivity index (χ2n) is 4.78. The molecular formula is C14H20N4O3. The largest absolute Gasteiger partial charge is 0.479 e. The second-order valence-corrected chi connectivity index (χ2v) is 4.78. The third kappa shape index (κ3) is 4.08. The first-order chi connectivity index (χ1) is 10.1. The van der Waals surface area contributed by atoms with E-state index in [0.717, 1.165) is 24.3 Å². The van der Waals surface area contributed by atoms with Gasteiger partial charge in [-0.25, -0.2) is 0 Å². The summed E-state index contributed by atoms with van der Waals surface area (Å²) in [5.41, 5.74) is 1.57. The predicted molar refractivity (Wildman–Crippen MR) is 77.3 cm³/mol. The van der Waals surface area contributed by atoms with Crippen LogP contribution in [0.5, 0.6) is 5.88 Å². The summed E-state index contributed by atoms with van der Waals surface area (Å²) in [7, 11) is 1.52. The number of anilines is 1. The van der Waals surface area contributed by atoms with E-state index >= 15 is 0 Å². The zero-order valence-corrected chi connectivity index (χ0v) is 12.5. The molecule has 2 aromatic heterocycles. The topological polar surface area (TPSA) is 82.2 Å². The SMILES string of the molecule is CCCn1cc(NC(=O)CCc2cc(OC)no2)c(C)n1. The van der Waals surface area contributed by atoms with Gasteiger partial charge in [-0.1, -0.05) is 6.92 Å². The van der Waals surface area contributed by atoms with E-state index in [1.807, 2.05) is 17.8 Å². The molecule has 0 saturated heterocycles. The number of ether oxygens (including phenoxy) is 1. The normalized spacial score (nSPS) is 10.6. The molecule has 1 amide bonds. The lowest BCUT2D eigenvalue weighted by atomic mass is 10.2. The van der Waals surface area contributed by atoms with Gasteiger partial charge in [0.25, 0.3) is 5.88 Å². The van der Waals surface area contributed by atoms with Crippen LogP contribution in [0.2, 0.25) is 0 Å². The van der Waals surface area contributed by atoms with Crippen LogP contribution in [0.15, 0.2) is 16.8 Å². The monoisotopic (exact) mass is 292 g/mol. The van der Waals surface area contributed by atoms with Crippen molar-refractivity contribution in [2.45, 2.75) is 39.7 Å². The minimum Gasteiger partial charge on any atom is -0.479 e. The number of hydrogen-bond donors (Lipinski definition) is 1. The molecule has 0 saturated carbocycles. The van der Waals surface area contributed by atoms with Gasteiger partial charge in [0.05, 0.1) is 18.5 Å². The number of aryl methyl sites for hydroxylation is 3. The fourth-order valence-corrected chi connectivity index (χ4v) is 1.94. The van der Waals surface area contributed by atoms with Crippen molar-refractivity contribution in [1.82, 2.24) is 14.9 Å². The number of nitrogens with zero attached hydrogens (tertiary/aromatic N) is 3. The highest BCUT2D eigenvalue weighted by Gasteiger charge is 2.11. The molecule has 0 unspecified atom stereocenters. The maximum absolute atomic E-state index is 11.9. The molecule has 7 heteroatoms. The molecule has 7 nitrogen and oxygen atoms in total. The van der Waals surface area contributed by atoms with Gasteiger partial charge in [0.15, 0.2) is 0 Å². The van der Waals surface area contributed by atoms with Crippen molar-refractivity contribution in [3.05, 3.63) is 23.7 Å². The average molecular weight is 292 g/mol. The summed E-state index contributed by atoms with van der Waals surface area (Å²) < 4.78 is 11.8. The lowest BCUT2D eigenvalue weighted by Gasteiger charge is -2.01. The molecule has 2 rings (SSSR count). The Balaban J connectivity index is 1.86. The molecular weight excluding hydrogens is 272 g/mol. The van der Waals surface area contributed by atoms with Gasteiger partial charge in [-0.05, 0) is 18.5 Å². The van der Waals surface area contributed by atoms with E-state index < -0.39 is 0 Å². The number of nitrogens with one attached hydrogen (secondary N) is 1. The van der Waals surface area contributed by atoms with Gasteiger partial charge in [0.2, 0.25) is 5.91 Å². The molecule has 0 radical (unpaired) electrons. The standard InChI is InChI=1S/C14H20N4O3/c1-4-7-18-9-12(10(2)16-18)15-13(19)6-5-11-8-14(20-3)17-21-11/h8-9H,4-7H2,1-3H3,(H,15,19). The van der Waals surface area contributed by atoms with Gasteiger partial charge in [0, 0.05) is 31.6 Å². The van der Waals surface area contributed by atoms with Crippen LogP contribution < -0.4 is 10.1 Å². The maximum atomic E-state index is 11.9. The first-order valence-corrected chi connectivity index (χ1v) is 6.96. The molecule has 1 N–H and O–H groups in total. The van der Waals surface area contributed by atoms with Gasteiger partial charge >= 0.3 is 0 Å². The molecule has 21 heavy (non-hydrogen) atoms. The lowest BCUT2D eigenvalue weighted by molar-refractivity contribution is -0.116. The van der Waals surface area contributed by atoms with E-state index in [2.05, 4.69) is 22.5 Å². The quantitative estimate of drug-likeness (QED) is 0.845. The van der Waals surface area contributed by atoms with Crippen molar-refractivity contribution in [1.29, 1.82) is 0 Å². The fourth-order valence-electron chi connectivity index (χ4n) is 1.94. The van der Waals surface area contributed by atoms with E-state index in [4.69, 9.17) is 9.26 Å². The first kappa shape index (κ1) is 15.1. The summed E-state index contributed by atoms with van der Waals surface area (Å²) in [6, 6.07) is 1.68. The Kier molecular flexibility index (Phi) is 4.97. The highest BCUT2D eigenvalue weighted by Crippen LogP contribution is 2.15. The van der Waals surface area contributed by atoms with E-state index in [0.29, 0.717) is 24.5 Å². The van der Waals surface area contributed by atoms with Crippen LogP contribution in [-0.4, -0.2) is 28.0 Å². The Hall–Kier alpha value is -2.31. The van der Waals surface area contributed by atoms with Crippen LogP contribution in [0, 0.1) is 6.92 Å². The van der Waals surface area contributed by atoms with Gasteiger partial charge in [-0.15, -0.1) is 0 Å². The Morgan fingerprint density at radius 2 is 2.33 bits per heavy atom. The molecule has 0 atom stereocenters. The Morgan fingerprint density at radius 3 is 3.00 bits per heavy atom. The molecule has 0 aliphatic carbocycles. The number of carbonyl (C=O) groups is 1. The van der Waals surface area contributed by atoms with Crippen molar-refractivity contribution in [3.8, 4) is 5.88 Å². The van der Waals surface area contributed by atoms with Crippen molar-refractivity contribution < 1.29 is 14.1 Å². The zero-order chi connectivity index (χ0) is 15.2. The smallest absolute Gasteiger partial charge is 0.254 e. The summed E-state index contributed by atoms with van der Waals surface area (Å²) in [6.45, 7) is 4.80. The van der Waals surface area contributed by atoms with Crippen LogP contribution in [-0.2, 0) is 17.8 Å². The second kappa shape index (κ2) is 6.92. The molecule has 0 bridgehead atoms. The van der Waals surface area contributed by atoms with Crippen LogP contribution in [0.25, 0.3) is 0 Å². The van der Waals surface area contributed by atoms with Crippen LogP contribution in [0.1, 0.15) is 31.2 Å². The summed E-state index contributed by atoms with van der Waals surface area (Å²) >= 11 is 0. The minimum atomic E-state index is -0.0792. The number of rotatable bonds is 7. The van der Waals surface area contributed by atoms with Crippen molar-refractivity contribution in [2.24, 2.45) is 0 Å². The van der Waals surface area contributed by atoms with E-state index in [1.165, 1.54) is 7.11 Å². The Labute approximate surface area is 123 Å². The van der Waals surface area contributed by atoms with Crippen molar-refractivity contribution >= 4 is 11.6 Å². The van der Waals surface area contributed by atoms with Gasteiger partial charge in [-0.2, -0.15) is 5.10 Å². The van der Waals surface area contributed by atoms with Crippen LogP contribution >= 0.6 is 0 Å². The van der Waals surface area contributed by atoms with Crippen LogP contribution in [0.4, 0.5) is 5.69 Å².